The van der Waals surface area contributed by atoms with Crippen molar-refractivity contribution in [3.63, 3.8) is 0 Å². The minimum Gasteiger partial charge on any atom is -0.349 e. The van der Waals surface area contributed by atoms with Crippen LogP contribution in [0.4, 0.5) is 5.69 Å². The number of fused-ring (bicyclic) bond motifs is 1. The van der Waals surface area contributed by atoms with Crippen molar-refractivity contribution < 1.29 is 0 Å². The third-order valence-electron chi connectivity index (χ3n) is 2.69. The number of nitrogens with one attached hydrogen (secondary N) is 1. The fourth-order valence-electron chi connectivity index (χ4n) is 1.71. The number of nitrogens with zero attached hydrogens (tertiary/aromatic N) is 2. The van der Waals surface area contributed by atoms with Crippen LogP contribution in [0.15, 0.2) is 6.20 Å². The molecule has 76 valence electrons. The molecule has 0 bridgehead atoms. The van der Waals surface area contributed by atoms with Crippen molar-refractivity contribution in [1.82, 2.24) is 9.99 Å². The lowest BCUT2D eigenvalue weighted by Gasteiger charge is -2.21. The summed E-state index contributed by atoms with van der Waals surface area (Å²) >= 11 is 12.1. The van der Waals surface area contributed by atoms with Crippen molar-refractivity contribution in [2.24, 2.45) is 7.05 Å². The summed E-state index contributed by atoms with van der Waals surface area (Å²) in [6, 6.07) is 0. The van der Waals surface area contributed by atoms with Gasteiger partial charge in [-0.3, -0.25) is 5.43 Å². The lowest BCUT2D eigenvalue weighted by atomic mass is 10.2. The zero-order valence-corrected chi connectivity index (χ0v) is 9.74. The molecule has 0 spiro atoms. The fourth-order valence-corrected chi connectivity index (χ4v) is 2.24. The van der Waals surface area contributed by atoms with Crippen LogP contribution in [0.25, 0.3) is 5.03 Å². The Bertz CT molecular complexity index is 420. The van der Waals surface area contributed by atoms with E-state index in [4.69, 9.17) is 23.4 Å². The summed E-state index contributed by atoms with van der Waals surface area (Å²) in [5, 5.41) is 0.693. The molecule has 0 saturated heterocycles. The van der Waals surface area contributed by atoms with Gasteiger partial charge in [-0.25, -0.2) is 0 Å². The summed E-state index contributed by atoms with van der Waals surface area (Å²) in [6.45, 7) is 4.04. The highest BCUT2D eigenvalue weighted by atomic mass is 35.5. The van der Waals surface area contributed by atoms with Crippen LogP contribution in [-0.2, 0) is 7.05 Å². The van der Waals surface area contributed by atoms with E-state index in [2.05, 4.69) is 9.99 Å². The molecule has 0 aromatic carbocycles. The lowest BCUT2D eigenvalue weighted by molar-refractivity contribution is 0.839. The molecule has 2 rings (SSSR count). The van der Waals surface area contributed by atoms with Crippen LogP contribution in [0.5, 0.6) is 0 Å². The Morgan fingerprint density at radius 2 is 1.93 bits per heavy atom. The number of rotatable bonds is 0. The normalized spacial score (nSPS) is 14.9. The zero-order valence-electron chi connectivity index (χ0n) is 8.23. The Balaban J connectivity index is 2.76. The molecular weight excluding hydrogens is 221 g/mol. The quantitative estimate of drug-likeness (QED) is 0.694. The summed E-state index contributed by atoms with van der Waals surface area (Å²) in [5.41, 5.74) is 7.00. The predicted octanol–water partition coefficient (Wildman–Crippen LogP) is 2.66. The molecule has 1 aliphatic rings. The van der Waals surface area contributed by atoms with Gasteiger partial charge >= 0.3 is 0 Å². The number of halogens is 2. The Kier molecular flexibility index (Phi) is 2.16. The molecule has 0 saturated carbocycles. The second-order valence-corrected chi connectivity index (χ2v) is 4.10. The monoisotopic (exact) mass is 231 g/mol. The molecule has 0 amide bonds. The molecule has 1 aromatic rings. The highest BCUT2D eigenvalue weighted by Crippen LogP contribution is 2.39. The molecule has 5 heteroatoms. The summed E-state index contributed by atoms with van der Waals surface area (Å²) < 4.78 is 3.53. The molecular formula is C9H11Cl2N3. The van der Waals surface area contributed by atoms with Crippen LogP contribution in [0.1, 0.15) is 17.0 Å². The van der Waals surface area contributed by atoms with Crippen LogP contribution >= 0.6 is 23.4 Å². The topological polar surface area (TPSA) is 20.2 Å². The van der Waals surface area contributed by atoms with Gasteiger partial charge in [-0.15, -0.1) is 0 Å². The molecule has 3 nitrogen and oxygen atoms in total. The van der Waals surface area contributed by atoms with Crippen molar-refractivity contribution >= 4 is 34.1 Å². The van der Waals surface area contributed by atoms with Crippen LogP contribution in [0.3, 0.4) is 0 Å². The predicted molar refractivity (Wildman–Crippen MR) is 60.2 cm³/mol. The van der Waals surface area contributed by atoms with Gasteiger partial charge < -0.3 is 4.57 Å². The summed E-state index contributed by atoms with van der Waals surface area (Å²) in [7, 11) is 2.00. The van der Waals surface area contributed by atoms with Gasteiger partial charge in [0.1, 0.15) is 5.69 Å². The maximum Gasteiger partial charge on any atom is 0.106 e. The summed E-state index contributed by atoms with van der Waals surface area (Å²) in [5.74, 6) is 0. The molecule has 2 heterocycles. The van der Waals surface area contributed by atoms with Crippen molar-refractivity contribution in [3.05, 3.63) is 23.2 Å². The number of hydrazine groups is 1. The van der Waals surface area contributed by atoms with E-state index in [0.717, 1.165) is 22.6 Å². The van der Waals surface area contributed by atoms with Crippen LogP contribution in [-0.4, -0.2) is 4.57 Å². The van der Waals surface area contributed by atoms with Crippen molar-refractivity contribution in [2.75, 3.05) is 4.53 Å². The second-order valence-electron chi connectivity index (χ2n) is 3.36. The molecule has 0 fully saturated rings. The first-order valence-electron chi connectivity index (χ1n) is 4.28. The third-order valence-corrected chi connectivity index (χ3v) is 3.25. The van der Waals surface area contributed by atoms with Gasteiger partial charge in [-0.05, 0) is 13.8 Å². The minimum absolute atomic E-state index is 0.693. The number of hydrogen-bond donors (Lipinski definition) is 1. The van der Waals surface area contributed by atoms with Gasteiger partial charge in [0.15, 0.2) is 0 Å². The molecule has 14 heavy (non-hydrogen) atoms. The van der Waals surface area contributed by atoms with Crippen molar-refractivity contribution in [3.8, 4) is 0 Å². The van der Waals surface area contributed by atoms with E-state index in [1.807, 2.05) is 20.9 Å². The van der Waals surface area contributed by atoms with Crippen LogP contribution in [0.2, 0.25) is 0 Å². The van der Waals surface area contributed by atoms with Gasteiger partial charge in [0.2, 0.25) is 0 Å². The van der Waals surface area contributed by atoms with Crippen LogP contribution < -0.4 is 9.95 Å². The first-order chi connectivity index (χ1) is 6.54. The first kappa shape index (κ1) is 9.74. The average Bonchev–Trinajstić information content (AvgIpc) is 2.38. The molecule has 0 radical (unpaired) electrons. The lowest BCUT2D eigenvalue weighted by Crippen LogP contribution is -2.27. The molecule has 1 aliphatic heterocycles. The highest BCUT2D eigenvalue weighted by Gasteiger charge is 2.24. The Morgan fingerprint density at radius 1 is 1.29 bits per heavy atom. The Labute approximate surface area is 93.0 Å². The van der Waals surface area contributed by atoms with Gasteiger partial charge in [0.25, 0.3) is 0 Å². The van der Waals surface area contributed by atoms with Gasteiger partial charge in [0, 0.05) is 42.0 Å². The molecule has 0 unspecified atom stereocenters. The van der Waals surface area contributed by atoms with E-state index in [0.29, 0.717) is 5.03 Å². The Morgan fingerprint density at radius 3 is 2.50 bits per heavy atom. The van der Waals surface area contributed by atoms with E-state index >= 15 is 0 Å². The molecule has 1 aromatic heterocycles. The largest absolute Gasteiger partial charge is 0.349 e. The van der Waals surface area contributed by atoms with E-state index in [-0.39, 0.29) is 0 Å². The zero-order chi connectivity index (χ0) is 10.5. The van der Waals surface area contributed by atoms with Gasteiger partial charge in [-0.1, -0.05) is 11.6 Å². The second kappa shape index (κ2) is 3.11. The maximum absolute atomic E-state index is 6.10. The standard InChI is InChI=1S/C9H11Cl2N3/c1-5-8-7(10)4-12-14(11)9(8)6(2)13(5)3/h4,12H,1-3H3. The fraction of sp³-hybridized carbons (Fsp3) is 0.333. The first-order valence-corrected chi connectivity index (χ1v) is 4.99. The molecule has 1 N–H and O–H groups in total. The molecule has 0 aliphatic carbocycles. The average molecular weight is 232 g/mol. The minimum atomic E-state index is 0.693. The van der Waals surface area contributed by atoms with E-state index in [1.54, 1.807) is 6.20 Å². The summed E-state index contributed by atoms with van der Waals surface area (Å²) in [6.07, 6.45) is 1.68. The van der Waals surface area contributed by atoms with E-state index in [9.17, 15) is 0 Å². The molecule has 0 atom stereocenters. The number of anilines is 1. The van der Waals surface area contributed by atoms with Crippen molar-refractivity contribution in [2.45, 2.75) is 13.8 Å². The van der Waals surface area contributed by atoms with Crippen LogP contribution in [0, 0.1) is 13.8 Å². The highest BCUT2D eigenvalue weighted by molar-refractivity contribution is 6.50. The van der Waals surface area contributed by atoms with Crippen molar-refractivity contribution in [1.29, 1.82) is 0 Å². The van der Waals surface area contributed by atoms with Gasteiger partial charge in [-0.2, -0.15) is 4.53 Å². The summed E-state index contributed by atoms with van der Waals surface area (Å²) in [4.78, 5) is 0. The SMILES string of the molecule is Cc1c2c(c(C)n1C)N(Cl)NC=C2Cl. The number of hydrogen-bond acceptors (Lipinski definition) is 2. The number of aromatic nitrogens is 1. The van der Waals surface area contributed by atoms with E-state index < -0.39 is 0 Å². The smallest absolute Gasteiger partial charge is 0.106 e. The van der Waals surface area contributed by atoms with Gasteiger partial charge in [0.05, 0.1) is 5.03 Å². The van der Waals surface area contributed by atoms with E-state index in [1.165, 1.54) is 4.53 Å². The third kappa shape index (κ3) is 1.12. The Hall–Kier alpha value is -0.800. The maximum atomic E-state index is 6.10.